The molecule has 8 heteroatoms. The van der Waals surface area contributed by atoms with Crippen molar-refractivity contribution in [2.75, 3.05) is 28.4 Å². The standard InChI is InChI=1S/C19H22O8/c1-10-6-13(20)17(19(22)27-10)12(9-16(21)25-4)11-7-14(23-2)18(26-5)15(8-11)24-3/h6-8,12,20H,9H2,1-5H3/t12-/m1/s1. The zero-order chi connectivity index (χ0) is 20.1. The van der Waals surface area contributed by atoms with E-state index in [1.165, 1.54) is 34.5 Å². The Morgan fingerprint density at radius 1 is 1.07 bits per heavy atom. The van der Waals surface area contributed by atoms with Crippen LogP contribution in [0.2, 0.25) is 0 Å². The molecular formula is C19H22O8. The fourth-order valence-electron chi connectivity index (χ4n) is 2.87. The van der Waals surface area contributed by atoms with Gasteiger partial charge in [-0.25, -0.2) is 4.79 Å². The monoisotopic (exact) mass is 378 g/mol. The normalized spacial score (nSPS) is 11.6. The number of benzene rings is 1. The summed E-state index contributed by atoms with van der Waals surface area (Å²) in [5.74, 6) is -0.373. The van der Waals surface area contributed by atoms with Gasteiger partial charge in [-0.1, -0.05) is 0 Å². The molecule has 1 heterocycles. The van der Waals surface area contributed by atoms with Crippen LogP contribution in [0.3, 0.4) is 0 Å². The smallest absolute Gasteiger partial charge is 0.343 e. The van der Waals surface area contributed by atoms with Crippen molar-refractivity contribution in [3.8, 4) is 23.0 Å². The second-order valence-corrected chi connectivity index (χ2v) is 5.73. The zero-order valence-corrected chi connectivity index (χ0v) is 15.8. The molecule has 8 nitrogen and oxygen atoms in total. The van der Waals surface area contributed by atoms with Crippen molar-refractivity contribution >= 4 is 5.97 Å². The van der Waals surface area contributed by atoms with E-state index in [-0.39, 0.29) is 23.5 Å². The maximum atomic E-state index is 12.4. The fourth-order valence-corrected chi connectivity index (χ4v) is 2.87. The number of ether oxygens (including phenoxy) is 4. The number of carbonyl (C=O) groups excluding carboxylic acids is 1. The molecule has 27 heavy (non-hydrogen) atoms. The number of carbonyl (C=O) groups is 1. The van der Waals surface area contributed by atoms with Crippen LogP contribution in [-0.4, -0.2) is 39.5 Å². The zero-order valence-electron chi connectivity index (χ0n) is 15.8. The Balaban J connectivity index is 2.73. The van der Waals surface area contributed by atoms with E-state index >= 15 is 0 Å². The van der Waals surface area contributed by atoms with Gasteiger partial charge in [0.2, 0.25) is 5.75 Å². The first kappa shape index (κ1) is 20.2. The van der Waals surface area contributed by atoms with Crippen LogP contribution in [0.15, 0.2) is 27.4 Å². The quantitative estimate of drug-likeness (QED) is 0.732. The van der Waals surface area contributed by atoms with E-state index in [2.05, 4.69) is 0 Å². The molecule has 0 radical (unpaired) electrons. The van der Waals surface area contributed by atoms with E-state index in [1.54, 1.807) is 19.1 Å². The lowest BCUT2D eigenvalue weighted by Crippen LogP contribution is -2.18. The molecule has 1 aromatic carbocycles. The molecule has 0 unspecified atom stereocenters. The SMILES string of the molecule is COC(=O)C[C@H](c1cc(OC)c(OC)c(OC)c1)c1c(O)cc(C)oc1=O. The van der Waals surface area contributed by atoms with Gasteiger partial charge in [-0.15, -0.1) is 0 Å². The summed E-state index contributed by atoms with van der Waals surface area (Å²) >= 11 is 0. The summed E-state index contributed by atoms with van der Waals surface area (Å²) in [5, 5.41) is 10.3. The number of hydrogen-bond acceptors (Lipinski definition) is 8. The van der Waals surface area contributed by atoms with Crippen LogP contribution >= 0.6 is 0 Å². The van der Waals surface area contributed by atoms with Gasteiger partial charge in [0.05, 0.1) is 40.4 Å². The molecule has 0 spiro atoms. The van der Waals surface area contributed by atoms with Gasteiger partial charge in [0.1, 0.15) is 11.5 Å². The van der Waals surface area contributed by atoms with Gasteiger partial charge >= 0.3 is 11.6 Å². The predicted molar refractivity (Wildman–Crippen MR) is 96.0 cm³/mol. The average Bonchev–Trinajstić information content (AvgIpc) is 2.64. The van der Waals surface area contributed by atoms with Crippen molar-refractivity contribution in [1.82, 2.24) is 0 Å². The molecule has 0 amide bonds. The highest BCUT2D eigenvalue weighted by atomic mass is 16.5. The van der Waals surface area contributed by atoms with Crippen LogP contribution in [0.1, 0.15) is 29.2 Å². The van der Waals surface area contributed by atoms with Gasteiger partial charge in [0, 0.05) is 12.0 Å². The van der Waals surface area contributed by atoms with E-state index in [1.807, 2.05) is 0 Å². The van der Waals surface area contributed by atoms with Crippen LogP contribution in [0.4, 0.5) is 0 Å². The lowest BCUT2D eigenvalue weighted by Gasteiger charge is -2.20. The minimum absolute atomic E-state index is 0.0553. The first-order valence-corrected chi connectivity index (χ1v) is 8.06. The van der Waals surface area contributed by atoms with Gasteiger partial charge in [0.15, 0.2) is 11.5 Å². The van der Waals surface area contributed by atoms with E-state index in [0.29, 0.717) is 22.8 Å². The van der Waals surface area contributed by atoms with Crippen LogP contribution in [0.5, 0.6) is 23.0 Å². The molecule has 1 aromatic heterocycles. The number of methoxy groups -OCH3 is 4. The third kappa shape index (κ3) is 4.16. The highest BCUT2D eigenvalue weighted by Gasteiger charge is 2.28. The summed E-state index contributed by atoms with van der Waals surface area (Å²) in [7, 11) is 5.61. The molecule has 1 atom stereocenters. The van der Waals surface area contributed by atoms with Gasteiger partial charge in [-0.05, 0) is 24.6 Å². The molecule has 0 saturated heterocycles. The molecule has 2 aromatic rings. The maximum Gasteiger partial charge on any atom is 0.343 e. The summed E-state index contributed by atoms with van der Waals surface area (Å²) in [6.45, 7) is 1.54. The maximum absolute atomic E-state index is 12.4. The number of hydrogen-bond donors (Lipinski definition) is 1. The van der Waals surface area contributed by atoms with Crippen molar-refractivity contribution < 1.29 is 33.3 Å². The highest BCUT2D eigenvalue weighted by Crippen LogP contribution is 2.42. The molecule has 0 aliphatic heterocycles. The van der Waals surface area contributed by atoms with E-state index in [9.17, 15) is 14.7 Å². The fraction of sp³-hybridized carbons (Fsp3) is 0.368. The first-order valence-electron chi connectivity index (χ1n) is 8.06. The Bertz CT molecular complexity index is 859. The Kier molecular flexibility index (Phi) is 6.33. The van der Waals surface area contributed by atoms with E-state index in [0.717, 1.165) is 0 Å². The summed E-state index contributed by atoms with van der Waals surface area (Å²) in [6, 6.07) is 4.53. The minimum atomic E-state index is -0.844. The van der Waals surface area contributed by atoms with Gasteiger partial charge < -0.3 is 28.5 Å². The number of esters is 1. The third-order valence-corrected chi connectivity index (χ3v) is 4.13. The molecule has 0 fully saturated rings. The lowest BCUT2D eigenvalue weighted by molar-refractivity contribution is -0.140. The van der Waals surface area contributed by atoms with Gasteiger partial charge in [0.25, 0.3) is 0 Å². The van der Waals surface area contributed by atoms with Crippen LogP contribution in [0.25, 0.3) is 0 Å². The summed E-state index contributed by atoms with van der Waals surface area (Å²) in [5.41, 5.74) is -0.309. The average molecular weight is 378 g/mol. The molecule has 146 valence electrons. The van der Waals surface area contributed by atoms with Gasteiger partial charge in [-0.2, -0.15) is 0 Å². The Morgan fingerprint density at radius 3 is 2.11 bits per heavy atom. The number of rotatable bonds is 7. The van der Waals surface area contributed by atoms with Crippen molar-refractivity contribution in [3.05, 3.63) is 45.5 Å². The van der Waals surface area contributed by atoms with Crippen molar-refractivity contribution in [3.63, 3.8) is 0 Å². The molecule has 0 saturated carbocycles. The Labute approximate surface area is 156 Å². The van der Waals surface area contributed by atoms with Crippen molar-refractivity contribution in [2.24, 2.45) is 0 Å². The molecule has 0 bridgehead atoms. The molecule has 0 aliphatic carbocycles. The minimum Gasteiger partial charge on any atom is -0.507 e. The van der Waals surface area contributed by atoms with Crippen LogP contribution in [-0.2, 0) is 9.53 Å². The van der Waals surface area contributed by atoms with Crippen molar-refractivity contribution in [2.45, 2.75) is 19.3 Å². The van der Waals surface area contributed by atoms with Crippen molar-refractivity contribution in [1.29, 1.82) is 0 Å². The summed E-state index contributed by atoms with van der Waals surface area (Å²) in [4.78, 5) is 24.4. The highest BCUT2D eigenvalue weighted by molar-refractivity contribution is 5.72. The molecule has 2 rings (SSSR count). The Morgan fingerprint density at radius 2 is 1.67 bits per heavy atom. The second-order valence-electron chi connectivity index (χ2n) is 5.73. The predicted octanol–water partition coefficient (Wildman–Crippen LogP) is 2.37. The molecular weight excluding hydrogens is 356 g/mol. The summed E-state index contributed by atoms with van der Waals surface area (Å²) in [6.07, 6.45) is -0.198. The van der Waals surface area contributed by atoms with Crippen LogP contribution < -0.4 is 19.8 Å². The number of aromatic hydroxyl groups is 1. The molecule has 1 N–H and O–H groups in total. The topological polar surface area (TPSA) is 104 Å². The van der Waals surface area contributed by atoms with Crippen LogP contribution in [0, 0.1) is 6.92 Å². The first-order chi connectivity index (χ1) is 12.9. The van der Waals surface area contributed by atoms with E-state index < -0.39 is 17.5 Å². The largest absolute Gasteiger partial charge is 0.507 e. The molecule has 0 aliphatic rings. The van der Waals surface area contributed by atoms with E-state index in [4.69, 9.17) is 23.4 Å². The lowest BCUT2D eigenvalue weighted by atomic mass is 9.88. The second kappa shape index (κ2) is 8.48. The summed E-state index contributed by atoms with van der Waals surface area (Å²) < 4.78 is 25.8. The Hall–Kier alpha value is -3.16. The van der Waals surface area contributed by atoms with Gasteiger partial charge in [-0.3, -0.25) is 4.79 Å². The number of aryl methyl sites for hydroxylation is 1. The third-order valence-electron chi connectivity index (χ3n) is 4.13.